The van der Waals surface area contributed by atoms with Gasteiger partial charge < -0.3 is 19.5 Å². The molecule has 0 aliphatic carbocycles. The van der Waals surface area contributed by atoms with Gasteiger partial charge >= 0.3 is 0 Å². The molecule has 0 saturated carbocycles. The van der Waals surface area contributed by atoms with E-state index in [1.807, 2.05) is 6.07 Å². The summed E-state index contributed by atoms with van der Waals surface area (Å²) in [6.45, 7) is 0. The molecule has 0 spiro atoms. The van der Waals surface area contributed by atoms with Gasteiger partial charge in [0, 0.05) is 12.5 Å². The molecular weight excluding hydrogens is 320 g/mol. The zero-order chi connectivity index (χ0) is 18.2. The topological polar surface area (TPSA) is 80.6 Å². The number of hydrogen-bond donors (Lipinski definition) is 1. The van der Waals surface area contributed by atoms with Crippen molar-refractivity contribution in [1.82, 2.24) is 0 Å². The number of hydrogen-bond acceptors (Lipinski definition) is 5. The van der Waals surface area contributed by atoms with E-state index >= 15 is 0 Å². The van der Waals surface area contributed by atoms with E-state index < -0.39 is 11.8 Å². The Bertz CT molecular complexity index is 783. The molecule has 1 unspecified atom stereocenters. The van der Waals surface area contributed by atoms with Crippen LogP contribution in [-0.4, -0.2) is 27.2 Å². The molecular formula is C19H20N2O4. The van der Waals surface area contributed by atoms with Crippen LogP contribution in [0.25, 0.3) is 0 Å². The SMILES string of the molecule is COc1ccc(CC(C#N)C(=O)Nc2ccccc2OC)c(OC)c1. The molecule has 1 atom stereocenters. The molecule has 0 heterocycles. The van der Waals surface area contributed by atoms with Gasteiger partial charge in [-0.05, 0) is 23.8 Å². The van der Waals surface area contributed by atoms with Gasteiger partial charge in [0.2, 0.25) is 5.91 Å². The average molecular weight is 340 g/mol. The summed E-state index contributed by atoms with van der Waals surface area (Å²) < 4.78 is 15.7. The highest BCUT2D eigenvalue weighted by atomic mass is 16.5. The second-order valence-corrected chi connectivity index (χ2v) is 5.25. The minimum absolute atomic E-state index is 0.227. The Morgan fingerprint density at radius 1 is 1.08 bits per heavy atom. The first-order valence-electron chi connectivity index (χ1n) is 7.67. The van der Waals surface area contributed by atoms with Gasteiger partial charge in [-0.3, -0.25) is 4.79 Å². The molecule has 2 rings (SSSR count). The Balaban J connectivity index is 2.17. The van der Waals surface area contributed by atoms with Crippen molar-refractivity contribution >= 4 is 11.6 Å². The fourth-order valence-corrected chi connectivity index (χ4v) is 2.41. The number of amides is 1. The number of benzene rings is 2. The second-order valence-electron chi connectivity index (χ2n) is 5.25. The highest BCUT2D eigenvalue weighted by Gasteiger charge is 2.21. The predicted octanol–water partition coefficient (Wildman–Crippen LogP) is 3.03. The van der Waals surface area contributed by atoms with Gasteiger partial charge in [-0.2, -0.15) is 5.26 Å². The third kappa shape index (κ3) is 4.42. The van der Waals surface area contributed by atoms with Crippen molar-refractivity contribution in [2.24, 2.45) is 5.92 Å². The lowest BCUT2D eigenvalue weighted by molar-refractivity contribution is -0.118. The molecule has 0 saturated heterocycles. The molecule has 2 aromatic carbocycles. The standard InChI is InChI=1S/C19H20N2O4/c1-23-15-9-8-13(18(11-15)25-3)10-14(12-20)19(22)21-16-6-4-5-7-17(16)24-2/h4-9,11,14H,10H2,1-3H3,(H,21,22). The number of nitriles is 1. The van der Waals surface area contributed by atoms with Crippen LogP contribution in [-0.2, 0) is 11.2 Å². The summed E-state index contributed by atoms with van der Waals surface area (Å²) in [5.74, 6) is 0.490. The van der Waals surface area contributed by atoms with Crippen LogP contribution in [0.5, 0.6) is 17.2 Å². The van der Waals surface area contributed by atoms with Crippen LogP contribution < -0.4 is 19.5 Å². The molecule has 0 aromatic heterocycles. The third-order valence-corrected chi connectivity index (χ3v) is 3.76. The van der Waals surface area contributed by atoms with E-state index in [2.05, 4.69) is 5.32 Å². The maximum atomic E-state index is 12.5. The smallest absolute Gasteiger partial charge is 0.242 e. The fraction of sp³-hybridized carbons (Fsp3) is 0.263. The van der Waals surface area contributed by atoms with Crippen molar-refractivity contribution in [1.29, 1.82) is 5.26 Å². The van der Waals surface area contributed by atoms with Gasteiger partial charge in [-0.1, -0.05) is 18.2 Å². The van der Waals surface area contributed by atoms with Crippen molar-refractivity contribution in [3.63, 3.8) is 0 Å². The highest BCUT2D eigenvalue weighted by Crippen LogP contribution is 2.28. The summed E-state index contributed by atoms with van der Waals surface area (Å²) in [4.78, 5) is 12.5. The zero-order valence-electron chi connectivity index (χ0n) is 14.4. The van der Waals surface area contributed by atoms with Crippen LogP contribution >= 0.6 is 0 Å². The number of anilines is 1. The molecule has 0 radical (unpaired) electrons. The lowest BCUT2D eigenvalue weighted by Gasteiger charge is -2.15. The van der Waals surface area contributed by atoms with E-state index in [1.54, 1.807) is 49.6 Å². The lowest BCUT2D eigenvalue weighted by Crippen LogP contribution is -2.24. The minimum atomic E-state index is -0.868. The van der Waals surface area contributed by atoms with Gasteiger partial charge in [0.05, 0.1) is 33.1 Å². The molecule has 0 bridgehead atoms. The van der Waals surface area contributed by atoms with Crippen molar-refractivity contribution in [3.05, 3.63) is 48.0 Å². The molecule has 25 heavy (non-hydrogen) atoms. The molecule has 2 aromatic rings. The summed E-state index contributed by atoms with van der Waals surface area (Å²) in [5.41, 5.74) is 1.28. The van der Waals surface area contributed by atoms with E-state index in [0.717, 1.165) is 5.56 Å². The highest BCUT2D eigenvalue weighted by molar-refractivity contribution is 5.95. The van der Waals surface area contributed by atoms with Crippen LogP contribution in [0, 0.1) is 17.2 Å². The van der Waals surface area contributed by atoms with E-state index in [1.165, 1.54) is 14.2 Å². The maximum absolute atomic E-state index is 12.5. The largest absolute Gasteiger partial charge is 0.497 e. The molecule has 1 amide bonds. The Kier molecular flexibility index (Phi) is 6.24. The Morgan fingerprint density at radius 2 is 1.80 bits per heavy atom. The quantitative estimate of drug-likeness (QED) is 0.838. The molecule has 130 valence electrons. The predicted molar refractivity (Wildman–Crippen MR) is 94.0 cm³/mol. The normalized spacial score (nSPS) is 11.1. The van der Waals surface area contributed by atoms with Crippen LogP contribution in [0.15, 0.2) is 42.5 Å². The number of carbonyl (C=O) groups is 1. The number of methoxy groups -OCH3 is 3. The van der Waals surface area contributed by atoms with Crippen molar-refractivity contribution < 1.29 is 19.0 Å². The minimum Gasteiger partial charge on any atom is -0.497 e. The molecule has 0 aliphatic heterocycles. The van der Waals surface area contributed by atoms with Crippen LogP contribution in [0.3, 0.4) is 0 Å². The first-order valence-corrected chi connectivity index (χ1v) is 7.67. The summed E-state index contributed by atoms with van der Waals surface area (Å²) in [7, 11) is 4.62. The van der Waals surface area contributed by atoms with Gasteiger partial charge in [-0.15, -0.1) is 0 Å². The lowest BCUT2D eigenvalue weighted by atomic mass is 9.98. The van der Waals surface area contributed by atoms with Gasteiger partial charge in [-0.25, -0.2) is 0 Å². The number of nitrogens with one attached hydrogen (secondary N) is 1. The molecule has 0 fully saturated rings. The summed E-state index contributed by atoms with van der Waals surface area (Å²) in [6, 6.07) is 14.4. The fourth-order valence-electron chi connectivity index (χ4n) is 2.41. The number of ether oxygens (including phenoxy) is 3. The third-order valence-electron chi connectivity index (χ3n) is 3.76. The molecule has 6 heteroatoms. The first-order chi connectivity index (χ1) is 12.1. The monoisotopic (exact) mass is 340 g/mol. The maximum Gasteiger partial charge on any atom is 0.242 e. The van der Waals surface area contributed by atoms with Gasteiger partial charge in [0.15, 0.2) is 0 Å². The van der Waals surface area contributed by atoms with Crippen LogP contribution in [0.2, 0.25) is 0 Å². The van der Waals surface area contributed by atoms with Crippen LogP contribution in [0.1, 0.15) is 5.56 Å². The van der Waals surface area contributed by atoms with E-state index in [-0.39, 0.29) is 6.42 Å². The van der Waals surface area contributed by atoms with Crippen molar-refractivity contribution in [2.45, 2.75) is 6.42 Å². The van der Waals surface area contributed by atoms with E-state index in [9.17, 15) is 10.1 Å². The number of rotatable bonds is 7. The first kappa shape index (κ1) is 18.1. The van der Waals surface area contributed by atoms with Crippen molar-refractivity contribution in [2.75, 3.05) is 26.6 Å². The Morgan fingerprint density at radius 3 is 2.44 bits per heavy atom. The summed E-state index contributed by atoms with van der Waals surface area (Å²) >= 11 is 0. The number of para-hydroxylation sites is 2. The van der Waals surface area contributed by atoms with Crippen molar-refractivity contribution in [3.8, 4) is 23.3 Å². The molecule has 6 nitrogen and oxygen atoms in total. The van der Waals surface area contributed by atoms with Crippen LogP contribution in [0.4, 0.5) is 5.69 Å². The Hall–Kier alpha value is -3.20. The average Bonchev–Trinajstić information content (AvgIpc) is 2.66. The Labute approximate surface area is 146 Å². The molecule has 1 N–H and O–H groups in total. The second kappa shape index (κ2) is 8.60. The summed E-state index contributed by atoms with van der Waals surface area (Å²) in [6.07, 6.45) is 0.227. The molecule has 0 aliphatic rings. The van der Waals surface area contributed by atoms with E-state index in [4.69, 9.17) is 14.2 Å². The van der Waals surface area contributed by atoms with Gasteiger partial charge in [0.1, 0.15) is 23.2 Å². The summed E-state index contributed by atoms with van der Waals surface area (Å²) in [5, 5.41) is 12.2. The van der Waals surface area contributed by atoms with Gasteiger partial charge in [0.25, 0.3) is 0 Å². The zero-order valence-corrected chi connectivity index (χ0v) is 14.4. The number of nitrogens with zero attached hydrogens (tertiary/aromatic N) is 1. The number of carbonyl (C=O) groups excluding carboxylic acids is 1. The van der Waals surface area contributed by atoms with E-state index in [0.29, 0.717) is 22.9 Å².